The van der Waals surface area contributed by atoms with E-state index in [0.717, 1.165) is 16.7 Å². The Balaban J connectivity index is 2.39. The fourth-order valence-corrected chi connectivity index (χ4v) is 2.25. The smallest absolute Gasteiger partial charge is 0.410 e. The lowest BCUT2D eigenvalue weighted by Crippen LogP contribution is -2.40. The number of hydrogen-bond donors (Lipinski definition) is 1. The zero-order chi connectivity index (χ0) is 16.6. The number of aromatic nitrogens is 1. The fourth-order valence-electron chi connectivity index (χ4n) is 1.87. The Kier molecular flexibility index (Phi) is 7.82. The summed E-state index contributed by atoms with van der Waals surface area (Å²) in [5.41, 5.74) is 0.505. The molecule has 22 heavy (non-hydrogen) atoms. The van der Waals surface area contributed by atoms with Gasteiger partial charge in [-0.05, 0) is 55.3 Å². The van der Waals surface area contributed by atoms with Crippen LogP contribution in [0.3, 0.4) is 0 Å². The first-order chi connectivity index (χ1) is 10.3. The van der Waals surface area contributed by atoms with Crippen molar-refractivity contribution in [3.63, 3.8) is 0 Å². The van der Waals surface area contributed by atoms with Crippen molar-refractivity contribution in [2.45, 2.75) is 46.3 Å². The van der Waals surface area contributed by atoms with Gasteiger partial charge >= 0.3 is 6.09 Å². The first-order valence-corrected chi connectivity index (χ1v) is 8.41. The number of ether oxygens (including phenoxy) is 1. The van der Waals surface area contributed by atoms with Crippen LogP contribution in [-0.4, -0.2) is 41.2 Å². The van der Waals surface area contributed by atoms with Gasteiger partial charge in [-0.2, -0.15) is 0 Å². The average molecular weight is 372 g/mol. The Morgan fingerprint density at radius 2 is 2.09 bits per heavy atom. The van der Waals surface area contributed by atoms with Gasteiger partial charge in [0.05, 0.1) is 5.69 Å². The van der Waals surface area contributed by atoms with Gasteiger partial charge in [0, 0.05) is 26.2 Å². The normalized spacial score (nSPS) is 11.3. The number of carbonyl (C=O) groups excluding carboxylic acids is 1. The lowest BCUT2D eigenvalue weighted by Gasteiger charge is -2.27. The molecule has 1 aromatic heterocycles. The quantitative estimate of drug-likeness (QED) is 0.587. The molecule has 0 spiro atoms. The molecule has 0 bridgehead atoms. The molecular formula is C16H26BrN3O2. The molecule has 6 heteroatoms. The maximum Gasteiger partial charge on any atom is 0.410 e. The Bertz CT molecular complexity index is 475. The van der Waals surface area contributed by atoms with Crippen LogP contribution >= 0.6 is 15.9 Å². The summed E-state index contributed by atoms with van der Waals surface area (Å²) in [5.74, 6) is 0. The Hall–Kier alpha value is -1.14. The predicted octanol–water partition coefficient (Wildman–Crippen LogP) is 3.58. The van der Waals surface area contributed by atoms with Gasteiger partial charge in [0.15, 0.2) is 0 Å². The van der Waals surface area contributed by atoms with Crippen LogP contribution in [-0.2, 0) is 11.3 Å². The van der Waals surface area contributed by atoms with Gasteiger partial charge in [-0.15, -0.1) is 0 Å². The number of hydrogen-bond acceptors (Lipinski definition) is 4. The monoisotopic (exact) mass is 371 g/mol. The van der Waals surface area contributed by atoms with Gasteiger partial charge in [0.2, 0.25) is 0 Å². The van der Waals surface area contributed by atoms with E-state index in [2.05, 4.69) is 33.2 Å². The Labute approximate surface area is 141 Å². The highest BCUT2D eigenvalue weighted by atomic mass is 79.9. The summed E-state index contributed by atoms with van der Waals surface area (Å²) in [5, 5.41) is 3.30. The Morgan fingerprint density at radius 3 is 2.68 bits per heavy atom. The van der Waals surface area contributed by atoms with E-state index in [9.17, 15) is 4.79 Å². The lowest BCUT2D eigenvalue weighted by molar-refractivity contribution is 0.0252. The molecule has 0 fully saturated rings. The first-order valence-electron chi connectivity index (χ1n) is 7.62. The summed E-state index contributed by atoms with van der Waals surface area (Å²) in [6.45, 7) is 10.4. The van der Waals surface area contributed by atoms with Crippen LogP contribution < -0.4 is 5.32 Å². The van der Waals surface area contributed by atoms with E-state index in [0.29, 0.717) is 26.2 Å². The van der Waals surface area contributed by atoms with Crippen molar-refractivity contribution >= 4 is 22.0 Å². The van der Waals surface area contributed by atoms with Crippen molar-refractivity contribution < 1.29 is 9.53 Å². The zero-order valence-electron chi connectivity index (χ0n) is 13.9. The molecule has 0 aliphatic carbocycles. The van der Waals surface area contributed by atoms with E-state index < -0.39 is 5.60 Å². The van der Waals surface area contributed by atoms with Crippen LogP contribution in [0.2, 0.25) is 0 Å². The third-order valence-corrected chi connectivity index (χ3v) is 3.22. The summed E-state index contributed by atoms with van der Waals surface area (Å²) >= 11 is 3.35. The summed E-state index contributed by atoms with van der Waals surface area (Å²) in [4.78, 5) is 18.2. The predicted molar refractivity (Wildman–Crippen MR) is 91.7 cm³/mol. The molecule has 1 heterocycles. The maximum atomic E-state index is 12.1. The van der Waals surface area contributed by atoms with Gasteiger partial charge in [-0.1, -0.05) is 13.0 Å². The summed E-state index contributed by atoms with van der Waals surface area (Å²) in [7, 11) is 0. The molecule has 0 atom stereocenters. The number of rotatable bonds is 7. The summed E-state index contributed by atoms with van der Waals surface area (Å²) < 4.78 is 6.25. The highest BCUT2D eigenvalue weighted by Crippen LogP contribution is 2.10. The topological polar surface area (TPSA) is 54.5 Å². The number of amides is 1. The van der Waals surface area contributed by atoms with E-state index in [4.69, 9.17) is 4.74 Å². The van der Waals surface area contributed by atoms with Gasteiger partial charge in [0.1, 0.15) is 10.2 Å². The maximum absolute atomic E-state index is 12.1. The van der Waals surface area contributed by atoms with Crippen LogP contribution in [0.1, 0.15) is 39.8 Å². The second kappa shape index (κ2) is 9.10. The van der Waals surface area contributed by atoms with Crippen molar-refractivity contribution in [3.05, 3.63) is 28.5 Å². The molecule has 124 valence electrons. The largest absolute Gasteiger partial charge is 0.444 e. The van der Waals surface area contributed by atoms with Gasteiger partial charge in [-0.3, -0.25) is 0 Å². The minimum Gasteiger partial charge on any atom is -0.444 e. The molecule has 0 aromatic carbocycles. The van der Waals surface area contributed by atoms with Gasteiger partial charge < -0.3 is 15.0 Å². The second-order valence-corrected chi connectivity index (χ2v) is 6.91. The number of pyridine rings is 1. The molecule has 5 nitrogen and oxygen atoms in total. The minimum absolute atomic E-state index is 0.253. The molecule has 1 rings (SSSR count). The number of carbonyl (C=O) groups is 1. The minimum atomic E-state index is -0.462. The first kappa shape index (κ1) is 18.9. The van der Waals surface area contributed by atoms with Gasteiger partial charge in [0.25, 0.3) is 0 Å². The summed E-state index contributed by atoms with van der Waals surface area (Å²) in [6.07, 6.45) is 0.656. The van der Waals surface area contributed by atoms with Crippen LogP contribution in [0.5, 0.6) is 0 Å². The van der Waals surface area contributed by atoms with E-state index in [-0.39, 0.29) is 6.09 Å². The number of nitrogens with zero attached hydrogens (tertiary/aromatic N) is 2. The third kappa shape index (κ3) is 7.75. The fraction of sp³-hybridized carbons (Fsp3) is 0.625. The molecule has 0 unspecified atom stereocenters. The molecular weight excluding hydrogens is 346 g/mol. The Morgan fingerprint density at radius 1 is 1.36 bits per heavy atom. The van der Waals surface area contributed by atoms with Crippen molar-refractivity contribution in [1.82, 2.24) is 15.2 Å². The van der Waals surface area contributed by atoms with Crippen molar-refractivity contribution in [3.8, 4) is 0 Å². The van der Waals surface area contributed by atoms with Crippen LogP contribution in [0.4, 0.5) is 4.79 Å². The van der Waals surface area contributed by atoms with E-state index >= 15 is 0 Å². The van der Waals surface area contributed by atoms with Crippen LogP contribution in [0.25, 0.3) is 0 Å². The third-order valence-electron chi connectivity index (χ3n) is 2.78. The molecule has 1 amide bonds. The van der Waals surface area contributed by atoms with Crippen LogP contribution in [0, 0.1) is 0 Å². The van der Waals surface area contributed by atoms with Crippen LogP contribution in [0.15, 0.2) is 22.8 Å². The second-order valence-electron chi connectivity index (χ2n) is 6.10. The molecule has 0 radical (unpaired) electrons. The molecule has 0 saturated heterocycles. The standard InChI is InChI=1S/C16H26BrN3O2/c1-5-10-20(15(21)22-16(2,3)4)11-9-18-12-13-7-6-8-14(17)19-13/h6-8,18H,5,9-12H2,1-4H3. The highest BCUT2D eigenvalue weighted by molar-refractivity contribution is 9.10. The van der Waals surface area contributed by atoms with E-state index in [1.165, 1.54) is 0 Å². The average Bonchev–Trinajstić information content (AvgIpc) is 2.40. The SMILES string of the molecule is CCCN(CCNCc1cccc(Br)n1)C(=O)OC(C)(C)C. The lowest BCUT2D eigenvalue weighted by atomic mass is 10.2. The van der Waals surface area contributed by atoms with Crippen molar-refractivity contribution in [1.29, 1.82) is 0 Å². The molecule has 1 aromatic rings. The summed E-state index contributed by atoms with van der Waals surface area (Å²) in [6, 6.07) is 5.82. The molecule has 0 aliphatic rings. The number of halogens is 1. The molecule has 0 saturated carbocycles. The van der Waals surface area contributed by atoms with Crippen molar-refractivity contribution in [2.75, 3.05) is 19.6 Å². The van der Waals surface area contributed by atoms with E-state index in [1.54, 1.807) is 4.90 Å². The zero-order valence-corrected chi connectivity index (χ0v) is 15.4. The van der Waals surface area contributed by atoms with Crippen molar-refractivity contribution in [2.24, 2.45) is 0 Å². The highest BCUT2D eigenvalue weighted by Gasteiger charge is 2.21. The molecule has 0 aliphatic heterocycles. The van der Waals surface area contributed by atoms with E-state index in [1.807, 2.05) is 39.0 Å². The molecule has 1 N–H and O–H groups in total. The van der Waals surface area contributed by atoms with Gasteiger partial charge in [-0.25, -0.2) is 9.78 Å². The number of nitrogens with one attached hydrogen (secondary N) is 1.